The van der Waals surface area contributed by atoms with Crippen LogP contribution in [0.3, 0.4) is 0 Å². The van der Waals surface area contributed by atoms with E-state index >= 15 is 0 Å². The molecular formula is C22H16FN3O3. The standard InChI is InChI=1S/C22H16FN3O3/c23-16-9-5-14(6-10-16)19-13-20-18-3-1-2-4-21(18)29-22(25(20)24-19)15-7-11-17(12-8-15)26(27)28/h1-12,20,22H,13H2/t20-,22-/m1/s1. The molecule has 144 valence electrons. The molecular weight excluding hydrogens is 373 g/mol. The molecule has 0 saturated carbocycles. The van der Waals surface area contributed by atoms with Crippen molar-refractivity contribution in [2.75, 3.05) is 0 Å². The van der Waals surface area contributed by atoms with Crippen molar-refractivity contribution in [3.05, 3.63) is 105 Å². The van der Waals surface area contributed by atoms with Gasteiger partial charge in [0.25, 0.3) is 5.69 Å². The van der Waals surface area contributed by atoms with E-state index in [2.05, 4.69) is 0 Å². The van der Waals surface area contributed by atoms with Crippen LogP contribution in [0.4, 0.5) is 10.1 Å². The number of hydrazone groups is 1. The third kappa shape index (κ3) is 3.00. The Labute approximate surface area is 166 Å². The summed E-state index contributed by atoms with van der Waals surface area (Å²) in [5, 5.41) is 17.7. The van der Waals surface area contributed by atoms with Gasteiger partial charge < -0.3 is 4.74 Å². The quantitative estimate of drug-likeness (QED) is 0.468. The number of benzene rings is 3. The highest BCUT2D eigenvalue weighted by Crippen LogP contribution is 2.47. The van der Waals surface area contributed by atoms with E-state index in [9.17, 15) is 14.5 Å². The summed E-state index contributed by atoms with van der Waals surface area (Å²) in [4.78, 5) is 10.5. The van der Waals surface area contributed by atoms with Crippen LogP contribution in [0.1, 0.15) is 35.4 Å². The van der Waals surface area contributed by atoms with Crippen molar-refractivity contribution in [1.29, 1.82) is 0 Å². The van der Waals surface area contributed by atoms with Crippen molar-refractivity contribution in [3.63, 3.8) is 0 Å². The molecule has 0 spiro atoms. The third-order valence-electron chi connectivity index (χ3n) is 5.27. The molecule has 0 unspecified atom stereocenters. The zero-order valence-electron chi connectivity index (χ0n) is 15.2. The average molecular weight is 389 g/mol. The van der Waals surface area contributed by atoms with Gasteiger partial charge in [0.15, 0.2) is 0 Å². The van der Waals surface area contributed by atoms with E-state index in [4.69, 9.17) is 9.84 Å². The smallest absolute Gasteiger partial charge is 0.269 e. The first-order valence-electron chi connectivity index (χ1n) is 9.22. The van der Waals surface area contributed by atoms with Crippen molar-refractivity contribution in [2.24, 2.45) is 5.10 Å². The number of fused-ring (bicyclic) bond motifs is 3. The van der Waals surface area contributed by atoms with Gasteiger partial charge in [-0.05, 0) is 35.9 Å². The monoisotopic (exact) mass is 389 g/mol. The van der Waals surface area contributed by atoms with Crippen LogP contribution in [0.15, 0.2) is 77.9 Å². The molecule has 2 aliphatic rings. The van der Waals surface area contributed by atoms with Crippen LogP contribution in [-0.2, 0) is 0 Å². The Bertz CT molecular complexity index is 1110. The van der Waals surface area contributed by atoms with Crippen LogP contribution in [0.25, 0.3) is 0 Å². The Morgan fingerprint density at radius 3 is 2.48 bits per heavy atom. The second-order valence-electron chi connectivity index (χ2n) is 7.01. The van der Waals surface area contributed by atoms with Crippen LogP contribution >= 0.6 is 0 Å². The Hall–Kier alpha value is -3.74. The first-order valence-corrected chi connectivity index (χ1v) is 9.22. The molecule has 5 rings (SSSR count). The lowest BCUT2D eigenvalue weighted by Gasteiger charge is -2.38. The third-order valence-corrected chi connectivity index (χ3v) is 5.27. The van der Waals surface area contributed by atoms with E-state index in [0.29, 0.717) is 6.42 Å². The fourth-order valence-corrected chi connectivity index (χ4v) is 3.83. The van der Waals surface area contributed by atoms with E-state index < -0.39 is 11.2 Å². The molecule has 2 heterocycles. The van der Waals surface area contributed by atoms with Gasteiger partial charge in [-0.15, -0.1) is 0 Å². The molecule has 29 heavy (non-hydrogen) atoms. The molecule has 3 aromatic rings. The fraction of sp³-hybridized carbons (Fsp3) is 0.136. The fourth-order valence-electron chi connectivity index (χ4n) is 3.83. The second kappa shape index (κ2) is 6.70. The summed E-state index contributed by atoms with van der Waals surface area (Å²) in [6.07, 6.45) is 0.156. The Morgan fingerprint density at radius 2 is 1.76 bits per heavy atom. The molecule has 3 aromatic carbocycles. The lowest BCUT2D eigenvalue weighted by Crippen LogP contribution is -2.33. The summed E-state index contributed by atoms with van der Waals surface area (Å²) in [6.45, 7) is 0. The highest BCUT2D eigenvalue weighted by molar-refractivity contribution is 6.01. The molecule has 0 fully saturated rings. The number of ether oxygens (including phenoxy) is 1. The first-order chi connectivity index (χ1) is 14.1. The highest BCUT2D eigenvalue weighted by atomic mass is 19.1. The average Bonchev–Trinajstić information content (AvgIpc) is 3.19. The number of hydrogen-bond acceptors (Lipinski definition) is 5. The number of rotatable bonds is 3. The minimum absolute atomic E-state index is 0.0263. The van der Waals surface area contributed by atoms with Gasteiger partial charge in [0.1, 0.15) is 11.6 Å². The van der Waals surface area contributed by atoms with Gasteiger partial charge in [0.2, 0.25) is 6.23 Å². The number of non-ortho nitro benzene ring substituents is 1. The summed E-state index contributed by atoms with van der Waals surface area (Å²) in [7, 11) is 0. The topological polar surface area (TPSA) is 68.0 Å². The summed E-state index contributed by atoms with van der Waals surface area (Å²) in [6, 6.07) is 20.4. The van der Waals surface area contributed by atoms with Crippen molar-refractivity contribution < 1.29 is 14.1 Å². The highest BCUT2D eigenvalue weighted by Gasteiger charge is 2.40. The van der Waals surface area contributed by atoms with Crippen LogP contribution in [0, 0.1) is 15.9 Å². The first kappa shape index (κ1) is 17.4. The van der Waals surface area contributed by atoms with Gasteiger partial charge in [-0.3, -0.25) is 10.1 Å². The molecule has 0 saturated heterocycles. The normalized spacial score (nSPS) is 19.8. The zero-order chi connectivity index (χ0) is 20.0. The maximum Gasteiger partial charge on any atom is 0.269 e. The van der Waals surface area contributed by atoms with Gasteiger partial charge >= 0.3 is 0 Å². The lowest BCUT2D eigenvalue weighted by molar-refractivity contribution is -0.384. The molecule has 0 aromatic heterocycles. The Balaban J connectivity index is 1.56. The summed E-state index contributed by atoms with van der Waals surface area (Å²) < 4.78 is 19.5. The molecule has 7 heteroatoms. The summed E-state index contributed by atoms with van der Waals surface area (Å²) >= 11 is 0. The second-order valence-corrected chi connectivity index (χ2v) is 7.01. The molecule has 0 radical (unpaired) electrons. The largest absolute Gasteiger partial charge is 0.464 e. The van der Waals surface area contributed by atoms with Crippen molar-refractivity contribution in [3.8, 4) is 5.75 Å². The van der Waals surface area contributed by atoms with Crippen molar-refractivity contribution >= 4 is 11.4 Å². The SMILES string of the molecule is O=[N+]([O-])c1ccc([C@H]2Oc3ccccc3[C@H]3CC(c4ccc(F)cc4)=NN32)cc1. The molecule has 6 nitrogen and oxygen atoms in total. The minimum atomic E-state index is -0.506. The number of halogens is 1. The van der Waals surface area contributed by atoms with E-state index in [1.165, 1.54) is 24.3 Å². The molecule has 0 aliphatic carbocycles. The molecule has 0 amide bonds. The summed E-state index contributed by atoms with van der Waals surface area (Å²) in [5.74, 6) is 0.482. The van der Waals surface area contributed by atoms with Gasteiger partial charge in [-0.25, -0.2) is 9.40 Å². The maximum absolute atomic E-state index is 13.3. The van der Waals surface area contributed by atoms with Gasteiger partial charge in [0, 0.05) is 29.7 Å². The predicted molar refractivity (Wildman–Crippen MR) is 105 cm³/mol. The van der Waals surface area contributed by atoms with Crippen molar-refractivity contribution in [1.82, 2.24) is 5.01 Å². The molecule has 0 N–H and O–H groups in total. The number of nitro benzene ring substituents is 1. The van der Waals surface area contributed by atoms with Crippen LogP contribution in [0.2, 0.25) is 0 Å². The number of para-hydroxylation sites is 1. The number of nitro groups is 1. The predicted octanol–water partition coefficient (Wildman–Crippen LogP) is 4.98. The molecule has 2 aliphatic heterocycles. The van der Waals surface area contributed by atoms with Crippen molar-refractivity contribution in [2.45, 2.75) is 18.7 Å². The van der Waals surface area contributed by atoms with E-state index in [0.717, 1.165) is 28.2 Å². The zero-order valence-corrected chi connectivity index (χ0v) is 15.2. The van der Waals surface area contributed by atoms with E-state index in [-0.39, 0.29) is 17.5 Å². The lowest BCUT2D eigenvalue weighted by atomic mass is 9.96. The van der Waals surface area contributed by atoms with Gasteiger partial charge in [-0.2, -0.15) is 5.10 Å². The van der Waals surface area contributed by atoms with Crippen LogP contribution in [-0.4, -0.2) is 15.6 Å². The van der Waals surface area contributed by atoms with Crippen LogP contribution < -0.4 is 4.74 Å². The summed E-state index contributed by atoms with van der Waals surface area (Å²) in [5.41, 5.74) is 3.55. The van der Waals surface area contributed by atoms with Gasteiger partial charge in [0.05, 0.1) is 16.7 Å². The molecule has 2 atom stereocenters. The maximum atomic E-state index is 13.3. The Morgan fingerprint density at radius 1 is 1.03 bits per heavy atom. The number of hydrogen-bond donors (Lipinski definition) is 0. The number of nitrogens with zero attached hydrogens (tertiary/aromatic N) is 3. The van der Waals surface area contributed by atoms with Crippen LogP contribution in [0.5, 0.6) is 5.75 Å². The minimum Gasteiger partial charge on any atom is -0.464 e. The van der Waals surface area contributed by atoms with E-state index in [1.807, 2.05) is 29.3 Å². The molecule has 0 bridgehead atoms. The van der Waals surface area contributed by atoms with Gasteiger partial charge in [-0.1, -0.05) is 30.3 Å². The van der Waals surface area contributed by atoms with E-state index in [1.54, 1.807) is 24.3 Å². The Kier molecular flexibility index (Phi) is 4.01.